The lowest BCUT2D eigenvalue weighted by atomic mass is 10.2. The van der Waals surface area contributed by atoms with Gasteiger partial charge in [0.05, 0.1) is 6.61 Å². The molecule has 0 N–H and O–H groups in total. The quantitative estimate of drug-likeness (QED) is 0.750. The van der Waals surface area contributed by atoms with Crippen molar-refractivity contribution in [3.63, 3.8) is 0 Å². The first-order valence-electron chi connectivity index (χ1n) is 5.71. The zero-order valence-electron chi connectivity index (χ0n) is 9.60. The Morgan fingerprint density at radius 3 is 2.35 bits per heavy atom. The van der Waals surface area contributed by atoms with Gasteiger partial charge < -0.3 is 4.74 Å². The van der Waals surface area contributed by atoms with Crippen LogP contribution in [0.2, 0.25) is 0 Å². The summed E-state index contributed by atoms with van der Waals surface area (Å²) < 4.78 is 5.80. The van der Waals surface area contributed by atoms with Gasteiger partial charge in [0.15, 0.2) is 0 Å². The molecule has 88 valence electrons. The summed E-state index contributed by atoms with van der Waals surface area (Å²) in [6.07, 6.45) is 0.942. The molecule has 0 aliphatic heterocycles. The van der Waals surface area contributed by atoms with E-state index in [1.807, 2.05) is 24.3 Å². The van der Waals surface area contributed by atoms with Crippen molar-refractivity contribution in [1.82, 2.24) is 0 Å². The van der Waals surface area contributed by atoms with Crippen LogP contribution in [0.15, 0.2) is 54.6 Å². The first-order chi connectivity index (χ1) is 8.40. The van der Waals surface area contributed by atoms with Gasteiger partial charge in [0.25, 0.3) is 0 Å². The van der Waals surface area contributed by atoms with E-state index in [2.05, 4.69) is 46.3 Å². The first-order valence-corrected chi connectivity index (χ1v) is 6.83. The third-order valence-corrected chi connectivity index (χ3v) is 3.21. The Morgan fingerprint density at radius 2 is 1.59 bits per heavy atom. The average molecular weight is 291 g/mol. The number of benzene rings is 2. The van der Waals surface area contributed by atoms with Crippen LogP contribution in [0.5, 0.6) is 5.75 Å². The van der Waals surface area contributed by atoms with Crippen LogP contribution in [0, 0.1) is 0 Å². The van der Waals surface area contributed by atoms with Crippen molar-refractivity contribution in [1.29, 1.82) is 0 Å². The Morgan fingerprint density at radius 1 is 0.882 bits per heavy atom. The van der Waals surface area contributed by atoms with Crippen molar-refractivity contribution in [2.75, 3.05) is 6.61 Å². The van der Waals surface area contributed by atoms with E-state index < -0.39 is 0 Å². The summed E-state index contributed by atoms with van der Waals surface area (Å²) in [6, 6.07) is 18.5. The molecule has 17 heavy (non-hydrogen) atoms. The monoisotopic (exact) mass is 290 g/mol. The number of hydrogen-bond acceptors (Lipinski definition) is 1. The van der Waals surface area contributed by atoms with E-state index in [1.165, 1.54) is 11.1 Å². The van der Waals surface area contributed by atoms with Crippen LogP contribution in [0.3, 0.4) is 0 Å². The molecule has 2 aromatic carbocycles. The fourth-order valence-corrected chi connectivity index (χ4v) is 2.14. The van der Waals surface area contributed by atoms with Crippen LogP contribution >= 0.6 is 15.9 Å². The molecule has 2 heteroatoms. The van der Waals surface area contributed by atoms with Crippen LogP contribution in [0.25, 0.3) is 0 Å². The fraction of sp³-hybridized carbons (Fsp3) is 0.200. The van der Waals surface area contributed by atoms with Crippen LogP contribution in [-0.2, 0) is 11.8 Å². The number of alkyl halides is 1. The summed E-state index contributed by atoms with van der Waals surface area (Å²) in [6.45, 7) is 0.716. The highest BCUT2D eigenvalue weighted by atomic mass is 79.9. The largest absolute Gasteiger partial charge is 0.493 e. The molecule has 0 amide bonds. The predicted molar refractivity (Wildman–Crippen MR) is 74.7 cm³/mol. The molecule has 0 fully saturated rings. The summed E-state index contributed by atoms with van der Waals surface area (Å²) in [5.74, 6) is 0.973. The molecule has 1 nitrogen and oxygen atoms in total. The summed E-state index contributed by atoms with van der Waals surface area (Å²) in [5.41, 5.74) is 2.50. The molecular weight excluding hydrogens is 276 g/mol. The van der Waals surface area contributed by atoms with Gasteiger partial charge in [-0.05, 0) is 11.6 Å². The molecule has 0 aromatic heterocycles. The molecule has 0 atom stereocenters. The van der Waals surface area contributed by atoms with E-state index in [0.29, 0.717) is 6.61 Å². The molecule has 0 bridgehead atoms. The highest BCUT2D eigenvalue weighted by Gasteiger charge is 2.00. The number of halogens is 1. The second kappa shape index (κ2) is 6.45. The Bertz CT molecular complexity index is 453. The molecule has 0 radical (unpaired) electrons. The van der Waals surface area contributed by atoms with E-state index in [4.69, 9.17) is 4.74 Å². The van der Waals surface area contributed by atoms with Crippen molar-refractivity contribution in [2.24, 2.45) is 0 Å². The average Bonchev–Trinajstić information content (AvgIpc) is 2.40. The van der Waals surface area contributed by atoms with Crippen molar-refractivity contribution in [3.8, 4) is 5.75 Å². The fourth-order valence-electron chi connectivity index (χ4n) is 1.68. The normalized spacial score (nSPS) is 10.2. The standard InChI is InChI=1S/C15H15BrO/c16-12-14-8-4-5-9-15(14)17-11-10-13-6-2-1-3-7-13/h1-9H,10-12H2. The third-order valence-electron chi connectivity index (χ3n) is 2.61. The summed E-state index contributed by atoms with van der Waals surface area (Å²) in [7, 11) is 0. The van der Waals surface area contributed by atoms with E-state index in [9.17, 15) is 0 Å². The van der Waals surface area contributed by atoms with Gasteiger partial charge in [0.2, 0.25) is 0 Å². The lowest BCUT2D eigenvalue weighted by Crippen LogP contribution is -2.02. The SMILES string of the molecule is BrCc1ccccc1OCCc1ccccc1. The van der Waals surface area contributed by atoms with Gasteiger partial charge in [-0.3, -0.25) is 0 Å². The lowest BCUT2D eigenvalue weighted by Gasteiger charge is -2.09. The minimum absolute atomic E-state index is 0.716. The predicted octanol–water partition coefficient (Wildman–Crippen LogP) is 4.20. The molecule has 0 saturated carbocycles. The molecule has 2 aromatic rings. The molecule has 2 rings (SSSR count). The second-order valence-electron chi connectivity index (χ2n) is 3.83. The molecule has 0 aliphatic carbocycles. The maximum atomic E-state index is 5.80. The number of hydrogen-bond donors (Lipinski definition) is 0. The van der Waals surface area contributed by atoms with Gasteiger partial charge in [-0.15, -0.1) is 0 Å². The minimum Gasteiger partial charge on any atom is -0.493 e. The molecule has 0 heterocycles. The highest BCUT2D eigenvalue weighted by Crippen LogP contribution is 2.20. The molecular formula is C15H15BrO. The van der Waals surface area contributed by atoms with E-state index >= 15 is 0 Å². The highest BCUT2D eigenvalue weighted by molar-refractivity contribution is 9.08. The van der Waals surface area contributed by atoms with Crippen molar-refractivity contribution >= 4 is 15.9 Å². The summed E-state index contributed by atoms with van der Waals surface area (Å²) >= 11 is 3.47. The smallest absolute Gasteiger partial charge is 0.123 e. The zero-order valence-corrected chi connectivity index (χ0v) is 11.2. The first kappa shape index (κ1) is 12.2. The van der Waals surface area contributed by atoms with E-state index in [1.54, 1.807) is 0 Å². The molecule has 0 saturated heterocycles. The van der Waals surface area contributed by atoms with Crippen molar-refractivity contribution in [2.45, 2.75) is 11.8 Å². The van der Waals surface area contributed by atoms with Crippen LogP contribution in [-0.4, -0.2) is 6.61 Å². The van der Waals surface area contributed by atoms with Gasteiger partial charge in [-0.2, -0.15) is 0 Å². The summed E-state index contributed by atoms with van der Waals surface area (Å²) in [4.78, 5) is 0. The second-order valence-corrected chi connectivity index (χ2v) is 4.39. The van der Waals surface area contributed by atoms with Crippen molar-refractivity contribution < 1.29 is 4.74 Å². The zero-order chi connectivity index (χ0) is 11.9. The third kappa shape index (κ3) is 3.60. The van der Waals surface area contributed by atoms with Crippen LogP contribution in [0.1, 0.15) is 11.1 Å². The minimum atomic E-state index is 0.716. The van der Waals surface area contributed by atoms with Crippen LogP contribution in [0.4, 0.5) is 0 Å². The lowest BCUT2D eigenvalue weighted by molar-refractivity contribution is 0.319. The van der Waals surface area contributed by atoms with Crippen molar-refractivity contribution in [3.05, 3.63) is 65.7 Å². The van der Waals surface area contributed by atoms with Gasteiger partial charge in [-0.25, -0.2) is 0 Å². The van der Waals surface area contributed by atoms with Gasteiger partial charge in [0, 0.05) is 17.3 Å². The molecule has 0 unspecified atom stereocenters. The maximum Gasteiger partial charge on any atom is 0.123 e. The van der Waals surface area contributed by atoms with E-state index in [0.717, 1.165) is 17.5 Å². The summed E-state index contributed by atoms with van der Waals surface area (Å²) in [5, 5.41) is 0.828. The maximum absolute atomic E-state index is 5.80. The Hall–Kier alpha value is -1.28. The van der Waals surface area contributed by atoms with Gasteiger partial charge >= 0.3 is 0 Å². The molecule has 0 aliphatic rings. The molecule has 0 spiro atoms. The Kier molecular flexibility index (Phi) is 4.63. The van der Waals surface area contributed by atoms with E-state index in [-0.39, 0.29) is 0 Å². The van der Waals surface area contributed by atoms with Crippen LogP contribution < -0.4 is 4.74 Å². The number of para-hydroxylation sites is 1. The van der Waals surface area contributed by atoms with Gasteiger partial charge in [-0.1, -0.05) is 64.5 Å². The topological polar surface area (TPSA) is 9.23 Å². The Balaban J connectivity index is 1.90. The number of rotatable bonds is 5. The Labute approximate surface area is 111 Å². The number of ether oxygens (including phenoxy) is 1. The van der Waals surface area contributed by atoms with Gasteiger partial charge in [0.1, 0.15) is 5.75 Å².